The molecule has 30 heavy (non-hydrogen) atoms. The molecule has 2 heterocycles. The van der Waals surface area contributed by atoms with Crippen LogP contribution in [0.5, 0.6) is 5.75 Å². The lowest BCUT2D eigenvalue weighted by molar-refractivity contribution is -0.130. The van der Waals surface area contributed by atoms with E-state index >= 15 is 0 Å². The summed E-state index contributed by atoms with van der Waals surface area (Å²) in [6.07, 6.45) is 0. The Labute approximate surface area is 178 Å². The van der Waals surface area contributed by atoms with E-state index in [2.05, 4.69) is 6.07 Å². The quantitative estimate of drug-likeness (QED) is 0.678. The number of likely N-dealkylation sites (N-methyl/N-ethyl adjacent to an activating group) is 1. The Morgan fingerprint density at radius 1 is 1.20 bits per heavy atom. The van der Waals surface area contributed by atoms with Gasteiger partial charge in [0.25, 0.3) is 0 Å². The first-order valence-corrected chi connectivity index (χ1v) is 10.2. The van der Waals surface area contributed by atoms with Crippen LogP contribution in [-0.4, -0.2) is 28.9 Å². The number of benzene rings is 2. The summed E-state index contributed by atoms with van der Waals surface area (Å²) in [4.78, 5) is 20.2. The number of nitrogens with zero attached hydrogens (tertiary/aromatic N) is 3. The Balaban J connectivity index is 1.83. The van der Waals surface area contributed by atoms with Gasteiger partial charge in [-0.15, -0.1) is 11.3 Å². The second-order valence-electron chi connectivity index (χ2n) is 7.43. The normalized spacial score (nSPS) is 21.2. The van der Waals surface area contributed by atoms with Crippen molar-refractivity contribution in [2.75, 3.05) is 7.05 Å². The number of carbonyl (C=O) groups excluding carboxylic acids is 1. The van der Waals surface area contributed by atoms with Crippen LogP contribution in [0, 0.1) is 11.3 Å². The SMILES string of the molecule is CN1C(=O)[C@@H](c2ccc(O)cc2)[C@@](C)(c2cc(-c3cccc(C#N)c3)cs2)N=C1N. The highest BCUT2D eigenvalue weighted by Crippen LogP contribution is 2.47. The van der Waals surface area contributed by atoms with E-state index in [9.17, 15) is 15.2 Å². The summed E-state index contributed by atoms with van der Waals surface area (Å²) < 4.78 is 0. The summed E-state index contributed by atoms with van der Waals surface area (Å²) in [6.45, 7) is 1.91. The summed E-state index contributed by atoms with van der Waals surface area (Å²) in [5, 5.41) is 20.9. The maximum Gasteiger partial charge on any atom is 0.239 e. The highest BCUT2D eigenvalue weighted by atomic mass is 32.1. The number of hydrogen-bond acceptors (Lipinski definition) is 6. The number of rotatable bonds is 3. The molecule has 6 nitrogen and oxygen atoms in total. The van der Waals surface area contributed by atoms with Crippen LogP contribution >= 0.6 is 11.3 Å². The number of carbonyl (C=O) groups is 1. The maximum absolute atomic E-state index is 13.2. The van der Waals surface area contributed by atoms with Gasteiger partial charge in [-0.1, -0.05) is 24.3 Å². The zero-order chi connectivity index (χ0) is 21.5. The molecule has 0 saturated heterocycles. The fourth-order valence-electron chi connectivity index (χ4n) is 3.78. The minimum atomic E-state index is -0.902. The number of hydrogen-bond donors (Lipinski definition) is 2. The van der Waals surface area contributed by atoms with Crippen LogP contribution in [0.15, 0.2) is 65.0 Å². The van der Waals surface area contributed by atoms with Gasteiger partial charge in [0.1, 0.15) is 11.3 Å². The number of thiophene rings is 1. The fourth-order valence-corrected chi connectivity index (χ4v) is 4.83. The maximum atomic E-state index is 13.2. The van der Waals surface area contributed by atoms with Crippen LogP contribution in [0.1, 0.15) is 28.8 Å². The zero-order valence-electron chi connectivity index (χ0n) is 16.5. The predicted molar refractivity (Wildman–Crippen MR) is 117 cm³/mol. The molecule has 1 aromatic heterocycles. The molecule has 3 N–H and O–H groups in total. The minimum Gasteiger partial charge on any atom is -0.508 e. The molecule has 1 amide bonds. The number of nitrogens with two attached hydrogens (primary N) is 1. The molecule has 0 fully saturated rings. The largest absolute Gasteiger partial charge is 0.508 e. The average Bonchev–Trinajstić information content (AvgIpc) is 3.25. The molecule has 0 unspecified atom stereocenters. The van der Waals surface area contributed by atoms with Gasteiger partial charge < -0.3 is 10.8 Å². The number of amides is 1. The van der Waals surface area contributed by atoms with Crippen LogP contribution in [0.2, 0.25) is 0 Å². The van der Waals surface area contributed by atoms with Gasteiger partial charge in [0.05, 0.1) is 17.6 Å². The van der Waals surface area contributed by atoms with Gasteiger partial charge in [0.15, 0.2) is 5.96 Å². The smallest absolute Gasteiger partial charge is 0.239 e. The van der Waals surface area contributed by atoms with E-state index in [1.54, 1.807) is 37.4 Å². The summed E-state index contributed by atoms with van der Waals surface area (Å²) in [5.41, 5.74) is 8.41. The number of phenols is 1. The van der Waals surface area contributed by atoms with E-state index in [1.165, 1.54) is 16.2 Å². The summed E-state index contributed by atoms with van der Waals surface area (Å²) in [5.74, 6) is -0.445. The fraction of sp³-hybridized carbons (Fsp3) is 0.174. The Hall–Kier alpha value is -3.63. The Morgan fingerprint density at radius 2 is 1.93 bits per heavy atom. The molecule has 0 aliphatic carbocycles. The van der Waals surface area contributed by atoms with E-state index in [0.29, 0.717) is 5.56 Å². The van der Waals surface area contributed by atoms with Crippen molar-refractivity contribution in [2.45, 2.75) is 18.4 Å². The highest BCUT2D eigenvalue weighted by Gasteiger charge is 2.48. The molecule has 0 saturated carbocycles. The van der Waals surface area contributed by atoms with Crippen LogP contribution in [0.3, 0.4) is 0 Å². The number of nitriles is 1. The monoisotopic (exact) mass is 416 g/mol. The van der Waals surface area contributed by atoms with Crippen molar-refractivity contribution >= 4 is 23.2 Å². The Morgan fingerprint density at radius 3 is 2.63 bits per heavy atom. The van der Waals surface area contributed by atoms with Gasteiger partial charge >= 0.3 is 0 Å². The molecule has 1 aliphatic heterocycles. The van der Waals surface area contributed by atoms with Gasteiger partial charge in [-0.3, -0.25) is 9.69 Å². The van der Waals surface area contributed by atoms with Gasteiger partial charge in [-0.25, -0.2) is 4.99 Å². The number of phenolic OH excluding ortho intramolecular Hbond substituents is 1. The van der Waals surface area contributed by atoms with E-state index in [4.69, 9.17) is 10.7 Å². The molecule has 0 radical (unpaired) electrons. The topological polar surface area (TPSA) is 103 Å². The summed E-state index contributed by atoms with van der Waals surface area (Å²) >= 11 is 1.50. The third-order valence-electron chi connectivity index (χ3n) is 5.48. The van der Waals surface area contributed by atoms with Gasteiger partial charge in [0.2, 0.25) is 5.91 Å². The summed E-state index contributed by atoms with van der Waals surface area (Å²) in [6, 6.07) is 18.2. The molecule has 150 valence electrons. The van der Waals surface area contributed by atoms with Crippen LogP contribution < -0.4 is 5.73 Å². The first kappa shape index (κ1) is 19.7. The second-order valence-corrected chi connectivity index (χ2v) is 8.34. The minimum absolute atomic E-state index is 0.135. The third kappa shape index (κ3) is 3.21. The molecular formula is C23H20N4O2S. The second kappa shape index (κ2) is 7.32. The van der Waals surface area contributed by atoms with Crippen molar-refractivity contribution in [3.05, 3.63) is 76.0 Å². The lowest BCUT2D eigenvalue weighted by Crippen LogP contribution is -2.52. The molecular weight excluding hydrogens is 396 g/mol. The average molecular weight is 417 g/mol. The first-order valence-electron chi connectivity index (χ1n) is 9.35. The van der Waals surface area contributed by atoms with Crippen LogP contribution in [-0.2, 0) is 10.3 Å². The van der Waals surface area contributed by atoms with Crippen molar-refractivity contribution in [2.24, 2.45) is 10.7 Å². The van der Waals surface area contributed by atoms with Crippen molar-refractivity contribution < 1.29 is 9.90 Å². The van der Waals surface area contributed by atoms with E-state index in [-0.39, 0.29) is 17.6 Å². The van der Waals surface area contributed by atoms with E-state index in [0.717, 1.165) is 21.6 Å². The molecule has 7 heteroatoms. The van der Waals surface area contributed by atoms with Crippen LogP contribution in [0.4, 0.5) is 0 Å². The predicted octanol–water partition coefficient (Wildman–Crippen LogP) is 3.78. The van der Waals surface area contributed by atoms with Gasteiger partial charge in [-0.2, -0.15) is 5.26 Å². The molecule has 0 spiro atoms. The molecule has 2 atom stereocenters. The molecule has 2 aromatic carbocycles. The third-order valence-corrected chi connectivity index (χ3v) is 6.64. The zero-order valence-corrected chi connectivity index (χ0v) is 17.4. The molecule has 0 bridgehead atoms. The first-order chi connectivity index (χ1) is 14.3. The standard InChI is InChI=1S/C23H20N4O2S/c1-23(19-11-17(13-30-19)16-5-3-4-14(10-16)12-24)20(15-6-8-18(28)9-7-15)21(29)27(2)22(25)26-23/h3-11,13,20,28H,1-2H3,(H2,25,26)/t20-,23-/m1/s1. The van der Waals surface area contributed by atoms with Crippen molar-refractivity contribution in [3.8, 4) is 22.9 Å². The Kier molecular flexibility index (Phi) is 4.80. The highest BCUT2D eigenvalue weighted by molar-refractivity contribution is 7.10. The number of aliphatic imine (C=N–C) groups is 1. The van der Waals surface area contributed by atoms with Crippen molar-refractivity contribution in [1.29, 1.82) is 5.26 Å². The molecule has 4 rings (SSSR count). The van der Waals surface area contributed by atoms with Gasteiger partial charge in [-0.05, 0) is 59.3 Å². The lowest BCUT2D eigenvalue weighted by Gasteiger charge is -2.40. The molecule has 3 aromatic rings. The van der Waals surface area contributed by atoms with Crippen LogP contribution in [0.25, 0.3) is 11.1 Å². The number of guanidine groups is 1. The number of aromatic hydroxyl groups is 1. The van der Waals surface area contributed by atoms with E-state index < -0.39 is 11.5 Å². The summed E-state index contributed by atoms with van der Waals surface area (Å²) in [7, 11) is 1.61. The lowest BCUT2D eigenvalue weighted by atomic mass is 9.77. The van der Waals surface area contributed by atoms with Crippen molar-refractivity contribution in [3.63, 3.8) is 0 Å². The molecule has 1 aliphatic rings. The van der Waals surface area contributed by atoms with E-state index in [1.807, 2.05) is 36.6 Å². The Bertz CT molecular complexity index is 1190. The van der Waals surface area contributed by atoms with Crippen molar-refractivity contribution in [1.82, 2.24) is 4.90 Å². The van der Waals surface area contributed by atoms with Gasteiger partial charge in [0, 0.05) is 11.9 Å².